The molecule has 2 aromatic rings. The smallest absolute Gasteiger partial charge is 0.251 e. The third-order valence-corrected chi connectivity index (χ3v) is 3.31. The quantitative estimate of drug-likeness (QED) is 0.854. The number of carbonyl (C=O) groups excluding carboxylic acids is 2. The fourth-order valence-corrected chi connectivity index (χ4v) is 2.19. The lowest BCUT2D eigenvalue weighted by Crippen LogP contribution is -2.23. The van der Waals surface area contributed by atoms with Gasteiger partial charge in [-0.1, -0.05) is 12.1 Å². The second-order valence-electron chi connectivity index (χ2n) is 5.17. The summed E-state index contributed by atoms with van der Waals surface area (Å²) in [7, 11) is 3.06. The molecule has 2 amide bonds. The zero-order valence-electron chi connectivity index (χ0n) is 13.9. The molecule has 0 aliphatic carbocycles. The van der Waals surface area contributed by atoms with Crippen LogP contribution in [0.4, 0.5) is 5.69 Å². The molecule has 2 N–H and O–H groups in total. The second kappa shape index (κ2) is 8.01. The molecule has 2 aromatic carbocycles. The average Bonchev–Trinajstić information content (AvgIpc) is 2.58. The molecule has 0 saturated heterocycles. The number of ether oxygens (including phenoxy) is 2. The van der Waals surface area contributed by atoms with Crippen LogP contribution in [0.3, 0.4) is 0 Å². The van der Waals surface area contributed by atoms with Gasteiger partial charge in [-0.25, -0.2) is 0 Å². The number of hydrogen-bond donors (Lipinski definition) is 2. The number of anilines is 1. The van der Waals surface area contributed by atoms with E-state index in [4.69, 9.17) is 9.47 Å². The standard InChI is InChI=1S/C18H20N2O4/c1-12(21)20-15-6-4-5-13(7-15)11-19-18(22)14-8-16(23-2)10-17(9-14)24-3/h4-10H,11H2,1-3H3,(H,19,22)(H,20,21). The van der Waals surface area contributed by atoms with E-state index in [1.807, 2.05) is 18.2 Å². The van der Waals surface area contributed by atoms with Gasteiger partial charge in [-0.15, -0.1) is 0 Å². The minimum atomic E-state index is -0.239. The zero-order valence-corrected chi connectivity index (χ0v) is 13.9. The molecular formula is C18H20N2O4. The Hall–Kier alpha value is -3.02. The van der Waals surface area contributed by atoms with Gasteiger partial charge in [0.25, 0.3) is 5.91 Å². The van der Waals surface area contributed by atoms with Gasteiger partial charge in [0, 0.05) is 30.8 Å². The Labute approximate surface area is 140 Å². The van der Waals surface area contributed by atoms with Crippen molar-refractivity contribution in [1.82, 2.24) is 5.32 Å². The van der Waals surface area contributed by atoms with Crippen LogP contribution in [0.2, 0.25) is 0 Å². The molecule has 0 bridgehead atoms. The average molecular weight is 328 g/mol. The molecule has 0 saturated carbocycles. The van der Waals surface area contributed by atoms with Crippen LogP contribution < -0.4 is 20.1 Å². The zero-order chi connectivity index (χ0) is 17.5. The van der Waals surface area contributed by atoms with Gasteiger partial charge in [-0.2, -0.15) is 0 Å². The van der Waals surface area contributed by atoms with Gasteiger partial charge in [-0.3, -0.25) is 9.59 Å². The van der Waals surface area contributed by atoms with E-state index in [2.05, 4.69) is 10.6 Å². The van der Waals surface area contributed by atoms with Gasteiger partial charge in [-0.05, 0) is 29.8 Å². The molecule has 0 fully saturated rings. The number of hydrogen-bond acceptors (Lipinski definition) is 4. The number of rotatable bonds is 6. The first kappa shape index (κ1) is 17.3. The highest BCUT2D eigenvalue weighted by Crippen LogP contribution is 2.22. The van der Waals surface area contributed by atoms with E-state index >= 15 is 0 Å². The summed E-state index contributed by atoms with van der Waals surface area (Å²) in [5.74, 6) is 0.719. The van der Waals surface area contributed by atoms with Crippen LogP contribution in [0.15, 0.2) is 42.5 Å². The highest BCUT2D eigenvalue weighted by molar-refractivity contribution is 5.95. The van der Waals surface area contributed by atoms with E-state index in [0.29, 0.717) is 29.3 Å². The molecular weight excluding hydrogens is 308 g/mol. The summed E-state index contributed by atoms with van der Waals surface area (Å²) in [5.41, 5.74) is 2.02. The highest BCUT2D eigenvalue weighted by Gasteiger charge is 2.10. The van der Waals surface area contributed by atoms with Crippen molar-refractivity contribution in [1.29, 1.82) is 0 Å². The van der Waals surface area contributed by atoms with Gasteiger partial charge in [0.2, 0.25) is 5.91 Å². The maximum absolute atomic E-state index is 12.3. The summed E-state index contributed by atoms with van der Waals surface area (Å²) in [4.78, 5) is 23.4. The fraction of sp³-hybridized carbons (Fsp3) is 0.222. The molecule has 0 radical (unpaired) electrons. The van der Waals surface area contributed by atoms with Crippen LogP contribution in [0.1, 0.15) is 22.8 Å². The normalized spacial score (nSPS) is 9.96. The number of amides is 2. The number of carbonyl (C=O) groups is 2. The lowest BCUT2D eigenvalue weighted by atomic mass is 10.1. The van der Waals surface area contributed by atoms with Crippen molar-refractivity contribution in [2.45, 2.75) is 13.5 Å². The van der Waals surface area contributed by atoms with Crippen LogP contribution in [-0.4, -0.2) is 26.0 Å². The van der Waals surface area contributed by atoms with E-state index < -0.39 is 0 Å². The van der Waals surface area contributed by atoms with Crippen molar-refractivity contribution < 1.29 is 19.1 Å². The summed E-state index contributed by atoms with van der Waals surface area (Å²) in [6, 6.07) is 12.3. The van der Waals surface area contributed by atoms with E-state index in [9.17, 15) is 9.59 Å². The molecule has 0 atom stereocenters. The van der Waals surface area contributed by atoms with E-state index in [0.717, 1.165) is 5.56 Å². The van der Waals surface area contributed by atoms with Crippen LogP contribution in [0.5, 0.6) is 11.5 Å². The molecule has 0 aliphatic heterocycles. The lowest BCUT2D eigenvalue weighted by Gasteiger charge is -2.10. The van der Waals surface area contributed by atoms with E-state index in [1.165, 1.54) is 21.1 Å². The Balaban J connectivity index is 2.06. The van der Waals surface area contributed by atoms with Crippen molar-refractivity contribution in [3.8, 4) is 11.5 Å². The molecule has 0 unspecified atom stereocenters. The number of methoxy groups -OCH3 is 2. The summed E-state index contributed by atoms with van der Waals surface area (Å²) in [5, 5.41) is 5.55. The third-order valence-electron chi connectivity index (χ3n) is 3.31. The van der Waals surface area contributed by atoms with Gasteiger partial charge < -0.3 is 20.1 Å². The first-order valence-corrected chi connectivity index (χ1v) is 7.39. The predicted molar refractivity (Wildman–Crippen MR) is 91.5 cm³/mol. The Bertz CT molecular complexity index is 721. The second-order valence-corrected chi connectivity index (χ2v) is 5.17. The van der Waals surface area contributed by atoms with Crippen molar-refractivity contribution in [3.63, 3.8) is 0 Å². The SMILES string of the molecule is COc1cc(OC)cc(C(=O)NCc2cccc(NC(C)=O)c2)c1. The van der Waals surface area contributed by atoms with E-state index in [-0.39, 0.29) is 11.8 Å². The fourth-order valence-electron chi connectivity index (χ4n) is 2.19. The molecule has 0 aliphatic rings. The molecule has 24 heavy (non-hydrogen) atoms. The number of nitrogens with one attached hydrogen (secondary N) is 2. The topological polar surface area (TPSA) is 76.7 Å². The molecule has 126 valence electrons. The first-order valence-electron chi connectivity index (χ1n) is 7.39. The van der Waals surface area contributed by atoms with Crippen molar-refractivity contribution in [2.75, 3.05) is 19.5 Å². The molecule has 0 spiro atoms. The third kappa shape index (κ3) is 4.74. The van der Waals surface area contributed by atoms with Gasteiger partial charge >= 0.3 is 0 Å². The Morgan fingerprint density at radius 1 is 1.00 bits per heavy atom. The largest absolute Gasteiger partial charge is 0.497 e. The minimum absolute atomic E-state index is 0.139. The monoisotopic (exact) mass is 328 g/mol. The van der Waals surface area contributed by atoms with Crippen molar-refractivity contribution in [2.24, 2.45) is 0 Å². The van der Waals surface area contributed by atoms with Gasteiger partial charge in [0.05, 0.1) is 14.2 Å². The Morgan fingerprint density at radius 2 is 1.67 bits per heavy atom. The minimum Gasteiger partial charge on any atom is -0.497 e. The first-order chi connectivity index (χ1) is 11.5. The summed E-state index contributed by atoms with van der Waals surface area (Å²) in [6.45, 7) is 1.79. The molecule has 2 rings (SSSR count). The summed E-state index contributed by atoms with van der Waals surface area (Å²) in [6.07, 6.45) is 0. The molecule has 6 heteroatoms. The Morgan fingerprint density at radius 3 is 2.25 bits per heavy atom. The van der Waals surface area contributed by atoms with Gasteiger partial charge in [0.15, 0.2) is 0 Å². The van der Waals surface area contributed by atoms with Gasteiger partial charge in [0.1, 0.15) is 11.5 Å². The highest BCUT2D eigenvalue weighted by atomic mass is 16.5. The van der Waals surface area contributed by atoms with Crippen LogP contribution >= 0.6 is 0 Å². The predicted octanol–water partition coefficient (Wildman–Crippen LogP) is 2.59. The van der Waals surface area contributed by atoms with Crippen molar-refractivity contribution >= 4 is 17.5 Å². The molecule has 6 nitrogen and oxygen atoms in total. The van der Waals surface area contributed by atoms with Crippen LogP contribution in [-0.2, 0) is 11.3 Å². The van der Waals surface area contributed by atoms with Crippen LogP contribution in [0, 0.1) is 0 Å². The summed E-state index contributed by atoms with van der Waals surface area (Å²) < 4.78 is 10.3. The lowest BCUT2D eigenvalue weighted by molar-refractivity contribution is -0.114. The molecule has 0 aromatic heterocycles. The summed E-state index contributed by atoms with van der Waals surface area (Å²) >= 11 is 0. The maximum Gasteiger partial charge on any atom is 0.251 e. The molecule has 0 heterocycles. The number of benzene rings is 2. The van der Waals surface area contributed by atoms with Crippen molar-refractivity contribution in [3.05, 3.63) is 53.6 Å². The van der Waals surface area contributed by atoms with E-state index in [1.54, 1.807) is 24.3 Å². The Kier molecular flexibility index (Phi) is 5.78. The van der Waals surface area contributed by atoms with Crippen LogP contribution in [0.25, 0.3) is 0 Å². The maximum atomic E-state index is 12.3.